The predicted molar refractivity (Wildman–Crippen MR) is 133 cm³/mol. The summed E-state index contributed by atoms with van der Waals surface area (Å²) in [5.41, 5.74) is 2.84. The van der Waals surface area contributed by atoms with E-state index in [2.05, 4.69) is 10.0 Å². The molecule has 6 nitrogen and oxygen atoms in total. The Labute approximate surface area is 203 Å². The molecule has 1 amide bonds. The van der Waals surface area contributed by atoms with E-state index >= 15 is 0 Å². The van der Waals surface area contributed by atoms with Gasteiger partial charge in [-0.25, -0.2) is 8.42 Å². The van der Waals surface area contributed by atoms with Gasteiger partial charge in [0.1, 0.15) is 5.75 Å². The van der Waals surface area contributed by atoms with E-state index < -0.39 is 16.1 Å². The van der Waals surface area contributed by atoms with Gasteiger partial charge in [0, 0.05) is 5.69 Å². The van der Waals surface area contributed by atoms with Gasteiger partial charge in [-0.2, -0.15) is 0 Å². The Balaban J connectivity index is 1.69. The largest absolute Gasteiger partial charge is 0.481 e. The van der Waals surface area contributed by atoms with Crippen LogP contribution in [0.3, 0.4) is 0 Å². The number of amides is 1. The van der Waals surface area contributed by atoms with Gasteiger partial charge in [0.05, 0.1) is 20.6 Å². The summed E-state index contributed by atoms with van der Waals surface area (Å²) in [6.45, 7) is 5.84. The molecule has 3 aromatic carbocycles. The number of aryl methyl sites for hydroxylation is 2. The van der Waals surface area contributed by atoms with Crippen LogP contribution in [0.1, 0.15) is 24.5 Å². The van der Waals surface area contributed by atoms with Gasteiger partial charge in [-0.15, -0.1) is 0 Å². The van der Waals surface area contributed by atoms with Crippen LogP contribution >= 0.6 is 23.2 Å². The number of rotatable bonds is 8. The maximum Gasteiger partial charge on any atom is 0.265 e. The van der Waals surface area contributed by atoms with Crippen molar-refractivity contribution in [2.75, 3.05) is 10.0 Å². The first-order chi connectivity index (χ1) is 15.6. The van der Waals surface area contributed by atoms with Crippen molar-refractivity contribution in [1.29, 1.82) is 0 Å². The fraction of sp³-hybridized carbons (Fsp3) is 0.208. The topological polar surface area (TPSA) is 84.5 Å². The minimum absolute atomic E-state index is 0.00923. The fourth-order valence-corrected chi connectivity index (χ4v) is 4.48. The maximum atomic E-state index is 12.7. The summed E-state index contributed by atoms with van der Waals surface area (Å²) < 4.78 is 33.6. The molecule has 0 spiro atoms. The first-order valence-corrected chi connectivity index (χ1v) is 12.5. The molecular weight excluding hydrogens is 483 g/mol. The Morgan fingerprint density at radius 1 is 1.00 bits per heavy atom. The smallest absolute Gasteiger partial charge is 0.265 e. The minimum Gasteiger partial charge on any atom is -0.481 e. The average molecular weight is 507 g/mol. The lowest BCUT2D eigenvalue weighted by molar-refractivity contribution is -0.122. The van der Waals surface area contributed by atoms with Gasteiger partial charge >= 0.3 is 0 Å². The van der Waals surface area contributed by atoms with E-state index in [9.17, 15) is 13.2 Å². The summed E-state index contributed by atoms with van der Waals surface area (Å²) in [4.78, 5) is 12.7. The van der Waals surface area contributed by atoms with Crippen LogP contribution in [0.2, 0.25) is 10.0 Å². The molecule has 0 bridgehead atoms. The molecule has 0 heterocycles. The van der Waals surface area contributed by atoms with Crippen LogP contribution in [0.5, 0.6) is 5.75 Å². The Morgan fingerprint density at radius 3 is 2.33 bits per heavy atom. The lowest BCUT2D eigenvalue weighted by atomic mass is 10.1. The third kappa shape index (κ3) is 6.19. The average Bonchev–Trinajstić information content (AvgIpc) is 2.78. The molecule has 33 heavy (non-hydrogen) atoms. The molecular formula is C24H24Cl2N2O4S. The molecule has 0 radical (unpaired) electrons. The zero-order chi connectivity index (χ0) is 24.2. The van der Waals surface area contributed by atoms with E-state index in [1.807, 2.05) is 39.0 Å². The number of nitrogens with one attached hydrogen (secondary N) is 2. The second-order valence-corrected chi connectivity index (χ2v) is 9.95. The zero-order valence-corrected chi connectivity index (χ0v) is 20.7. The highest BCUT2D eigenvalue weighted by Gasteiger charge is 2.20. The molecule has 0 saturated heterocycles. The van der Waals surface area contributed by atoms with Crippen molar-refractivity contribution in [2.45, 2.75) is 38.2 Å². The Kier molecular flexibility index (Phi) is 7.89. The van der Waals surface area contributed by atoms with Crippen LogP contribution in [-0.2, 0) is 14.8 Å². The van der Waals surface area contributed by atoms with E-state index in [-0.39, 0.29) is 26.5 Å². The monoisotopic (exact) mass is 506 g/mol. The molecule has 0 unspecified atom stereocenters. The van der Waals surface area contributed by atoms with E-state index in [1.54, 1.807) is 12.1 Å². The summed E-state index contributed by atoms with van der Waals surface area (Å²) in [5.74, 6) is 0.294. The number of benzene rings is 3. The summed E-state index contributed by atoms with van der Waals surface area (Å²) in [6, 6.07) is 16.1. The zero-order valence-electron chi connectivity index (χ0n) is 18.4. The van der Waals surface area contributed by atoms with Crippen LogP contribution in [0.25, 0.3) is 0 Å². The standard InChI is InChI=1S/C24H24Cl2N2O4S/c1-4-22(32-18-11-8-15(2)16(3)14-18)24(29)27-17-9-12-19(13-10-17)33(30,31)28-21-7-5-6-20(25)23(21)26/h5-14,22,28H,4H2,1-3H3,(H,27,29)/t22-/m0/s1. The summed E-state index contributed by atoms with van der Waals surface area (Å²) in [7, 11) is -3.90. The SMILES string of the molecule is CC[C@H](Oc1ccc(C)c(C)c1)C(=O)Nc1ccc(S(=O)(=O)Nc2cccc(Cl)c2Cl)cc1. The van der Waals surface area contributed by atoms with Gasteiger partial charge in [-0.3, -0.25) is 9.52 Å². The van der Waals surface area contributed by atoms with Crippen molar-refractivity contribution >= 4 is 50.5 Å². The fourth-order valence-electron chi connectivity index (χ4n) is 3.00. The number of hydrogen-bond donors (Lipinski definition) is 2. The second-order valence-electron chi connectivity index (χ2n) is 7.48. The highest BCUT2D eigenvalue weighted by Crippen LogP contribution is 2.31. The van der Waals surface area contributed by atoms with Crippen LogP contribution in [0.15, 0.2) is 65.6 Å². The number of carbonyl (C=O) groups is 1. The van der Waals surface area contributed by atoms with Gasteiger partial charge in [-0.1, -0.05) is 42.3 Å². The highest BCUT2D eigenvalue weighted by molar-refractivity contribution is 7.92. The van der Waals surface area contributed by atoms with Crippen molar-refractivity contribution in [3.05, 3.63) is 81.8 Å². The molecule has 9 heteroatoms. The molecule has 1 atom stereocenters. The van der Waals surface area contributed by atoms with Gasteiger partial charge in [0.25, 0.3) is 15.9 Å². The number of ether oxygens (including phenoxy) is 1. The molecule has 0 fully saturated rings. The maximum absolute atomic E-state index is 12.7. The molecule has 0 saturated carbocycles. The van der Waals surface area contributed by atoms with E-state index in [4.69, 9.17) is 27.9 Å². The van der Waals surface area contributed by atoms with Gasteiger partial charge in [0.15, 0.2) is 6.10 Å². The number of sulfonamides is 1. The molecule has 0 aliphatic carbocycles. The predicted octanol–water partition coefficient (Wildman–Crippen LogP) is 6.21. The number of anilines is 2. The van der Waals surface area contributed by atoms with Crippen LogP contribution in [0.4, 0.5) is 11.4 Å². The van der Waals surface area contributed by atoms with Gasteiger partial charge in [0.2, 0.25) is 0 Å². The number of halogens is 2. The van der Waals surface area contributed by atoms with Crippen LogP contribution in [-0.4, -0.2) is 20.4 Å². The Hall–Kier alpha value is -2.74. The molecule has 174 valence electrons. The Morgan fingerprint density at radius 2 is 1.70 bits per heavy atom. The molecule has 2 N–H and O–H groups in total. The molecule has 3 aromatic rings. The highest BCUT2D eigenvalue weighted by atomic mass is 35.5. The normalized spacial score (nSPS) is 12.2. The van der Waals surface area contributed by atoms with Crippen LogP contribution < -0.4 is 14.8 Å². The second kappa shape index (κ2) is 10.5. The van der Waals surface area contributed by atoms with E-state index in [0.717, 1.165) is 11.1 Å². The van der Waals surface area contributed by atoms with Gasteiger partial charge < -0.3 is 10.1 Å². The minimum atomic E-state index is -3.90. The van der Waals surface area contributed by atoms with Crippen molar-refractivity contribution in [2.24, 2.45) is 0 Å². The van der Waals surface area contributed by atoms with Crippen molar-refractivity contribution in [1.82, 2.24) is 0 Å². The molecule has 0 aliphatic rings. The summed E-state index contributed by atoms with van der Waals surface area (Å²) in [6.07, 6.45) is -0.225. The van der Waals surface area contributed by atoms with Gasteiger partial charge in [-0.05, 0) is 79.9 Å². The van der Waals surface area contributed by atoms with Crippen LogP contribution in [0, 0.1) is 13.8 Å². The number of hydrogen-bond acceptors (Lipinski definition) is 4. The number of carbonyl (C=O) groups excluding carboxylic acids is 1. The van der Waals surface area contributed by atoms with Crippen molar-refractivity contribution in [3.63, 3.8) is 0 Å². The lowest BCUT2D eigenvalue weighted by Crippen LogP contribution is -2.32. The first-order valence-electron chi connectivity index (χ1n) is 10.2. The molecule has 0 aliphatic heterocycles. The van der Waals surface area contributed by atoms with E-state index in [0.29, 0.717) is 17.9 Å². The summed E-state index contributed by atoms with van der Waals surface area (Å²) in [5, 5.41) is 3.12. The van der Waals surface area contributed by atoms with E-state index in [1.165, 1.54) is 30.3 Å². The lowest BCUT2D eigenvalue weighted by Gasteiger charge is -2.18. The van der Waals surface area contributed by atoms with Crippen molar-refractivity contribution in [3.8, 4) is 5.75 Å². The Bertz CT molecular complexity index is 1260. The quantitative estimate of drug-likeness (QED) is 0.380. The molecule has 0 aromatic heterocycles. The molecule has 3 rings (SSSR count). The third-order valence-electron chi connectivity index (χ3n) is 5.05. The third-order valence-corrected chi connectivity index (χ3v) is 7.25. The first kappa shape index (κ1) is 24.9. The summed E-state index contributed by atoms with van der Waals surface area (Å²) >= 11 is 12.0. The van der Waals surface area contributed by atoms with Crippen molar-refractivity contribution < 1.29 is 17.9 Å².